The second-order valence-corrected chi connectivity index (χ2v) is 3.96. The first-order valence-corrected chi connectivity index (χ1v) is 5.96. The molecule has 7 heteroatoms. The maximum absolute atomic E-state index is 11.6. The molecule has 0 aliphatic heterocycles. The molecule has 0 saturated carbocycles. The second kappa shape index (κ2) is 5.63. The van der Waals surface area contributed by atoms with Crippen LogP contribution in [0.4, 0.5) is 5.95 Å². The fraction of sp³-hybridized carbons (Fsp3) is 0.545. The van der Waals surface area contributed by atoms with Gasteiger partial charge in [0.15, 0.2) is 5.65 Å². The number of aromatic nitrogens is 4. The number of fused-ring (bicyclic) bond motifs is 1. The number of ether oxygens (including phenoxy) is 1. The highest BCUT2D eigenvalue weighted by molar-refractivity contribution is 5.46. The number of H-pyrrole nitrogens is 1. The molecule has 18 heavy (non-hydrogen) atoms. The predicted molar refractivity (Wildman–Crippen MR) is 68.0 cm³/mol. The standard InChI is InChI=1S/C11H17N5O2/c1-3-4-8-7-9-14-15-11(17)16(9)10(13-8)12-5-6-18-2/h7H,3-6H2,1-2H3,(H,12,13)(H,15,17). The zero-order chi connectivity index (χ0) is 13.0. The summed E-state index contributed by atoms with van der Waals surface area (Å²) in [5, 5.41) is 9.47. The maximum Gasteiger partial charge on any atom is 0.350 e. The van der Waals surface area contributed by atoms with Crippen molar-refractivity contribution in [2.24, 2.45) is 0 Å². The molecule has 0 spiro atoms. The highest BCUT2D eigenvalue weighted by Crippen LogP contribution is 2.09. The van der Waals surface area contributed by atoms with Gasteiger partial charge in [0.2, 0.25) is 5.95 Å². The van der Waals surface area contributed by atoms with E-state index < -0.39 is 0 Å². The lowest BCUT2D eigenvalue weighted by atomic mass is 10.2. The average molecular weight is 251 g/mol. The van der Waals surface area contributed by atoms with Crippen LogP contribution in [0.1, 0.15) is 19.0 Å². The van der Waals surface area contributed by atoms with Crippen LogP contribution in [-0.4, -0.2) is 39.8 Å². The molecule has 0 saturated heterocycles. The van der Waals surface area contributed by atoms with Crippen LogP contribution in [0.2, 0.25) is 0 Å². The van der Waals surface area contributed by atoms with E-state index in [1.807, 2.05) is 6.07 Å². The van der Waals surface area contributed by atoms with Gasteiger partial charge in [-0.25, -0.2) is 19.3 Å². The summed E-state index contributed by atoms with van der Waals surface area (Å²) in [6.45, 7) is 3.22. The summed E-state index contributed by atoms with van der Waals surface area (Å²) in [6.07, 6.45) is 1.85. The third-order valence-corrected chi connectivity index (χ3v) is 2.55. The lowest BCUT2D eigenvalue weighted by Gasteiger charge is -2.08. The van der Waals surface area contributed by atoms with Gasteiger partial charge in [0, 0.05) is 25.4 Å². The van der Waals surface area contributed by atoms with Crippen molar-refractivity contribution in [1.82, 2.24) is 19.6 Å². The van der Waals surface area contributed by atoms with E-state index in [1.54, 1.807) is 7.11 Å². The predicted octanol–water partition coefficient (Wildman–Crippen LogP) is 0.428. The van der Waals surface area contributed by atoms with E-state index in [4.69, 9.17) is 4.74 Å². The van der Waals surface area contributed by atoms with Crippen LogP contribution >= 0.6 is 0 Å². The van der Waals surface area contributed by atoms with Gasteiger partial charge in [0.25, 0.3) is 0 Å². The lowest BCUT2D eigenvalue weighted by molar-refractivity contribution is 0.210. The van der Waals surface area contributed by atoms with E-state index in [2.05, 4.69) is 27.4 Å². The molecule has 0 aromatic carbocycles. The van der Waals surface area contributed by atoms with E-state index in [0.717, 1.165) is 18.5 Å². The number of anilines is 1. The van der Waals surface area contributed by atoms with E-state index in [9.17, 15) is 4.79 Å². The highest BCUT2D eigenvalue weighted by Gasteiger charge is 2.09. The zero-order valence-electron chi connectivity index (χ0n) is 10.6. The van der Waals surface area contributed by atoms with Gasteiger partial charge in [-0.3, -0.25) is 0 Å². The van der Waals surface area contributed by atoms with Crippen molar-refractivity contribution in [3.63, 3.8) is 0 Å². The fourth-order valence-corrected chi connectivity index (χ4v) is 1.75. The molecule has 0 radical (unpaired) electrons. The molecule has 0 amide bonds. The van der Waals surface area contributed by atoms with Gasteiger partial charge >= 0.3 is 5.69 Å². The molecule has 2 N–H and O–H groups in total. The van der Waals surface area contributed by atoms with Gasteiger partial charge in [0.05, 0.1) is 6.61 Å². The Bertz CT molecular complexity index is 574. The Labute approximate surface area is 104 Å². The van der Waals surface area contributed by atoms with Crippen LogP contribution in [0.15, 0.2) is 10.9 Å². The monoisotopic (exact) mass is 251 g/mol. The van der Waals surface area contributed by atoms with Crippen molar-refractivity contribution in [2.75, 3.05) is 25.6 Å². The van der Waals surface area contributed by atoms with Crippen molar-refractivity contribution in [2.45, 2.75) is 19.8 Å². The lowest BCUT2D eigenvalue weighted by Crippen LogP contribution is -2.19. The highest BCUT2D eigenvalue weighted by atomic mass is 16.5. The van der Waals surface area contributed by atoms with E-state index in [0.29, 0.717) is 24.7 Å². The number of nitrogens with zero attached hydrogens (tertiary/aromatic N) is 3. The number of nitrogens with one attached hydrogen (secondary N) is 2. The summed E-state index contributed by atoms with van der Waals surface area (Å²) in [6, 6.07) is 1.82. The zero-order valence-corrected chi connectivity index (χ0v) is 10.6. The van der Waals surface area contributed by atoms with Gasteiger partial charge in [-0.15, -0.1) is 0 Å². The van der Waals surface area contributed by atoms with Crippen molar-refractivity contribution in [1.29, 1.82) is 0 Å². The molecule has 7 nitrogen and oxygen atoms in total. The van der Waals surface area contributed by atoms with Crippen molar-refractivity contribution < 1.29 is 4.74 Å². The van der Waals surface area contributed by atoms with Gasteiger partial charge in [0.1, 0.15) is 0 Å². The second-order valence-electron chi connectivity index (χ2n) is 3.96. The van der Waals surface area contributed by atoms with Crippen molar-refractivity contribution in [3.05, 3.63) is 22.2 Å². The summed E-state index contributed by atoms with van der Waals surface area (Å²) in [5.41, 5.74) is 1.21. The number of rotatable bonds is 6. The quantitative estimate of drug-likeness (QED) is 0.727. The molecule has 2 heterocycles. The first-order valence-electron chi connectivity index (χ1n) is 5.96. The van der Waals surface area contributed by atoms with Gasteiger partial charge in [-0.2, -0.15) is 5.10 Å². The molecule has 2 aromatic heterocycles. The first-order chi connectivity index (χ1) is 8.76. The minimum Gasteiger partial charge on any atom is -0.383 e. The van der Waals surface area contributed by atoms with Crippen LogP contribution in [0.25, 0.3) is 5.65 Å². The molecular weight excluding hydrogens is 234 g/mol. The topological polar surface area (TPSA) is 84.3 Å². The molecule has 98 valence electrons. The summed E-state index contributed by atoms with van der Waals surface area (Å²) in [4.78, 5) is 16.1. The maximum atomic E-state index is 11.6. The minimum absolute atomic E-state index is 0.291. The normalized spacial score (nSPS) is 11.0. The minimum atomic E-state index is -0.291. The number of hydrogen-bond donors (Lipinski definition) is 2. The van der Waals surface area contributed by atoms with E-state index in [-0.39, 0.29) is 5.69 Å². The van der Waals surface area contributed by atoms with E-state index in [1.165, 1.54) is 4.40 Å². The van der Waals surface area contributed by atoms with Gasteiger partial charge in [-0.1, -0.05) is 13.3 Å². The summed E-state index contributed by atoms with van der Waals surface area (Å²) in [7, 11) is 1.63. The molecule has 0 unspecified atom stereocenters. The first kappa shape index (κ1) is 12.6. The van der Waals surface area contributed by atoms with Crippen LogP contribution in [0.3, 0.4) is 0 Å². The number of aryl methyl sites for hydroxylation is 1. The van der Waals surface area contributed by atoms with E-state index >= 15 is 0 Å². The smallest absolute Gasteiger partial charge is 0.350 e. The third kappa shape index (κ3) is 2.51. The molecule has 0 bridgehead atoms. The van der Waals surface area contributed by atoms with Crippen LogP contribution in [0, 0.1) is 0 Å². The number of methoxy groups -OCH3 is 1. The summed E-state index contributed by atoms with van der Waals surface area (Å²) < 4.78 is 6.39. The Balaban J connectivity index is 2.39. The molecule has 0 aliphatic rings. The third-order valence-electron chi connectivity index (χ3n) is 2.55. The molecule has 0 aliphatic carbocycles. The largest absolute Gasteiger partial charge is 0.383 e. The van der Waals surface area contributed by atoms with Crippen LogP contribution < -0.4 is 11.0 Å². The summed E-state index contributed by atoms with van der Waals surface area (Å²) >= 11 is 0. The molecule has 2 aromatic rings. The Morgan fingerprint density at radius 2 is 2.39 bits per heavy atom. The van der Waals surface area contributed by atoms with Crippen LogP contribution in [-0.2, 0) is 11.2 Å². The van der Waals surface area contributed by atoms with Crippen molar-refractivity contribution in [3.8, 4) is 0 Å². The molecule has 0 atom stereocenters. The Morgan fingerprint density at radius 3 is 3.11 bits per heavy atom. The van der Waals surface area contributed by atoms with Gasteiger partial charge in [-0.05, 0) is 6.42 Å². The average Bonchev–Trinajstić information content (AvgIpc) is 2.72. The molecular formula is C11H17N5O2. The number of aromatic amines is 1. The number of hydrogen-bond acceptors (Lipinski definition) is 5. The SMILES string of the molecule is CCCc1cc2n[nH]c(=O)n2c(NCCOC)n1. The Morgan fingerprint density at radius 1 is 1.56 bits per heavy atom. The Kier molecular flexibility index (Phi) is 3.93. The fourth-order valence-electron chi connectivity index (χ4n) is 1.75. The van der Waals surface area contributed by atoms with Gasteiger partial charge < -0.3 is 10.1 Å². The molecule has 2 rings (SSSR count). The van der Waals surface area contributed by atoms with Crippen molar-refractivity contribution >= 4 is 11.6 Å². The Hall–Kier alpha value is -1.89. The van der Waals surface area contributed by atoms with Crippen LogP contribution in [0.5, 0.6) is 0 Å². The molecule has 0 fully saturated rings. The summed E-state index contributed by atoms with van der Waals surface area (Å²) in [5.74, 6) is 0.506.